The molecule has 15 heavy (non-hydrogen) atoms. The zero-order chi connectivity index (χ0) is 11.4. The van der Waals surface area contributed by atoms with Gasteiger partial charge in [0.2, 0.25) is 5.88 Å². The largest absolute Gasteiger partial charge is 0.481 e. The Kier molecular flexibility index (Phi) is 4.32. The van der Waals surface area contributed by atoms with Crippen LogP contribution in [0.2, 0.25) is 0 Å². The van der Waals surface area contributed by atoms with Crippen LogP contribution in [0.25, 0.3) is 0 Å². The van der Waals surface area contributed by atoms with Gasteiger partial charge in [-0.25, -0.2) is 9.97 Å². The summed E-state index contributed by atoms with van der Waals surface area (Å²) in [6.07, 6.45) is 1.52. The van der Waals surface area contributed by atoms with E-state index in [-0.39, 0.29) is 0 Å². The lowest BCUT2D eigenvalue weighted by molar-refractivity contribution is 0.393. The molecule has 1 rings (SSSR count). The van der Waals surface area contributed by atoms with Crippen molar-refractivity contribution in [2.75, 3.05) is 25.6 Å². The molecular formula is C10H16BrN3O. The number of ether oxygens (including phenoxy) is 1. The molecule has 0 aromatic carbocycles. The maximum absolute atomic E-state index is 5.15. The van der Waals surface area contributed by atoms with Crippen molar-refractivity contribution in [3.63, 3.8) is 0 Å². The number of aromatic nitrogens is 2. The molecule has 0 saturated carbocycles. The fourth-order valence-corrected chi connectivity index (χ4v) is 1.91. The maximum atomic E-state index is 5.15. The molecule has 0 aliphatic carbocycles. The monoisotopic (exact) mass is 273 g/mol. The van der Waals surface area contributed by atoms with Crippen LogP contribution in [0.1, 0.15) is 12.5 Å². The lowest BCUT2D eigenvalue weighted by Gasteiger charge is -2.21. The van der Waals surface area contributed by atoms with Crippen LogP contribution < -0.4 is 9.64 Å². The molecule has 1 aromatic rings. The van der Waals surface area contributed by atoms with Crippen molar-refractivity contribution >= 4 is 21.7 Å². The first-order valence-corrected chi connectivity index (χ1v) is 5.68. The van der Waals surface area contributed by atoms with Gasteiger partial charge in [-0.15, -0.1) is 0 Å². The third-order valence-corrected chi connectivity index (χ3v) is 2.38. The highest BCUT2D eigenvalue weighted by Gasteiger charge is 2.12. The zero-order valence-electron chi connectivity index (χ0n) is 9.49. The smallest absolute Gasteiger partial charge is 0.221 e. The van der Waals surface area contributed by atoms with E-state index >= 15 is 0 Å². The van der Waals surface area contributed by atoms with E-state index in [0.717, 1.165) is 17.9 Å². The molecule has 1 atom stereocenters. The molecular weight excluding hydrogens is 258 g/mol. The van der Waals surface area contributed by atoms with Crippen molar-refractivity contribution < 1.29 is 4.74 Å². The molecule has 84 valence electrons. The van der Waals surface area contributed by atoms with Gasteiger partial charge in [-0.1, -0.05) is 22.9 Å². The summed E-state index contributed by atoms with van der Waals surface area (Å²) in [5.74, 6) is 1.54. The molecule has 0 spiro atoms. The highest BCUT2D eigenvalue weighted by molar-refractivity contribution is 9.09. The average molecular weight is 274 g/mol. The summed E-state index contributed by atoms with van der Waals surface area (Å²) in [4.78, 5) is 10.8. The summed E-state index contributed by atoms with van der Waals surface area (Å²) < 4.78 is 5.15. The second kappa shape index (κ2) is 5.30. The number of hydrogen-bond acceptors (Lipinski definition) is 4. The standard InChI is InChI=1S/C10H16BrN3O/c1-7(11)5-14(3)9-8(2)10(15-4)13-6-12-9/h6-7H,5H2,1-4H3. The van der Waals surface area contributed by atoms with Crippen LogP contribution in [0.5, 0.6) is 5.88 Å². The number of hydrogen-bond donors (Lipinski definition) is 0. The summed E-state index contributed by atoms with van der Waals surface area (Å²) in [6, 6.07) is 0. The quantitative estimate of drug-likeness (QED) is 0.787. The second-order valence-corrected chi connectivity index (χ2v) is 5.06. The molecule has 0 radical (unpaired) electrons. The van der Waals surface area contributed by atoms with Crippen LogP contribution in [0, 0.1) is 6.92 Å². The number of nitrogens with zero attached hydrogens (tertiary/aromatic N) is 3. The first-order valence-electron chi connectivity index (χ1n) is 4.77. The van der Waals surface area contributed by atoms with Gasteiger partial charge in [0.15, 0.2) is 0 Å². The van der Waals surface area contributed by atoms with Crippen LogP contribution in [0.15, 0.2) is 6.33 Å². The van der Waals surface area contributed by atoms with Crippen molar-refractivity contribution in [2.24, 2.45) is 0 Å². The van der Waals surface area contributed by atoms with Gasteiger partial charge in [-0.05, 0) is 6.92 Å². The van der Waals surface area contributed by atoms with Crippen LogP contribution in [0.4, 0.5) is 5.82 Å². The molecule has 1 aromatic heterocycles. The van der Waals surface area contributed by atoms with Crippen LogP contribution in [-0.4, -0.2) is 35.5 Å². The Morgan fingerprint density at radius 3 is 2.73 bits per heavy atom. The molecule has 0 bridgehead atoms. The Labute approximate surface area is 98.8 Å². The lowest BCUT2D eigenvalue weighted by Crippen LogP contribution is -2.25. The normalized spacial score (nSPS) is 12.3. The molecule has 0 aliphatic heterocycles. The minimum Gasteiger partial charge on any atom is -0.481 e. The summed E-state index contributed by atoms with van der Waals surface area (Å²) in [5, 5.41) is 0. The van der Waals surface area contributed by atoms with Gasteiger partial charge in [-0.3, -0.25) is 0 Å². The zero-order valence-corrected chi connectivity index (χ0v) is 11.1. The van der Waals surface area contributed by atoms with Gasteiger partial charge in [0, 0.05) is 18.4 Å². The van der Waals surface area contributed by atoms with Crippen LogP contribution in [-0.2, 0) is 0 Å². The molecule has 0 N–H and O–H groups in total. The lowest BCUT2D eigenvalue weighted by atomic mass is 10.3. The third-order valence-electron chi connectivity index (χ3n) is 2.09. The predicted octanol–water partition coefficient (Wildman–Crippen LogP) is 2.01. The van der Waals surface area contributed by atoms with Crippen LogP contribution in [0.3, 0.4) is 0 Å². The van der Waals surface area contributed by atoms with Gasteiger partial charge >= 0.3 is 0 Å². The molecule has 1 unspecified atom stereocenters. The third kappa shape index (κ3) is 3.06. The second-order valence-electron chi connectivity index (χ2n) is 3.49. The van der Waals surface area contributed by atoms with Gasteiger partial charge in [0.25, 0.3) is 0 Å². The van der Waals surface area contributed by atoms with E-state index in [0.29, 0.717) is 10.7 Å². The Morgan fingerprint density at radius 2 is 2.20 bits per heavy atom. The average Bonchev–Trinajstić information content (AvgIpc) is 2.17. The van der Waals surface area contributed by atoms with E-state index in [4.69, 9.17) is 4.74 Å². The number of anilines is 1. The highest BCUT2D eigenvalue weighted by Crippen LogP contribution is 2.23. The van der Waals surface area contributed by atoms with E-state index in [1.807, 2.05) is 14.0 Å². The molecule has 1 heterocycles. The van der Waals surface area contributed by atoms with Crippen molar-refractivity contribution in [3.8, 4) is 5.88 Å². The molecule has 5 heteroatoms. The number of rotatable bonds is 4. The van der Waals surface area contributed by atoms with E-state index in [9.17, 15) is 0 Å². The number of halogens is 1. The van der Waals surface area contributed by atoms with Gasteiger partial charge in [0.05, 0.1) is 12.7 Å². The Balaban J connectivity index is 2.93. The predicted molar refractivity (Wildman–Crippen MR) is 65.0 cm³/mol. The fraction of sp³-hybridized carbons (Fsp3) is 0.600. The fourth-order valence-electron chi connectivity index (χ4n) is 1.48. The van der Waals surface area contributed by atoms with Crippen molar-refractivity contribution in [1.82, 2.24) is 9.97 Å². The molecule has 0 fully saturated rings. The van der Waals surface area contributed by atoms with E-state index in [1.54, 1.807) is 7.11 Å². The van der Waals surface area contributed by atoms with E-state index in [2.05, 4.69) is 37.7 Å². The Bertz CT molecular complexity index is 330. The minimum atomic E-state index is 0.419. The summed E-state index contributed by atoms with van der Waals surface area (Å²) in [6.45, 7) is 4.95. The molecule has 0 aliphatic rings. The number of alkyl halides is 1. The first-order chi connectivity index (χ1) is 7.06. The topological polar surface area (TPSA) is 38.3 Å². The highest BCUT2D eigenvalue weighted by atomic mass is 79.9. The van der Waals surface area contributed by atoms with Crippen molar-refractivity contribution in [3.05, 3.63) is 11.9 Å². The first kappa shape index (κ1) is 12.2. The number of methoxy groups -OCH3 is 1. The molecule has 4 nitrogen and oxygen atoms in total. The SMILES string of the molecule is COc1ncnc(N(C)CC(C)Br)c1C. The molecule has 0 saturated heterocycles. The van der Waals surface area contributed by atoms with E-state index in [1.165, 1.54) is 6.33 Å². The van der Waals surface area contributed by atoms with Gasteiger partial charge < -0.3 is 9.64 Å². The summed E-state index contributed by atoms with van der Waals surface area (Å²) in [5.41, 5.74) is 0.968. The summed E-state index contributed by atoms with van der Waals surface area (Å²) >= 11 is 3.52. The van der Waals surface area contributed by atoms with Crippen molar-refractivity contribution in [2.45, 2.75) is 18.7 Å². The summed E-state index contributed by atoms with van der Waals surface area (Å²) in [7, 11) is 3.62. The van der Waals surface area contributed by atoms with Crippen LogP contribution >= 0.6 is 15.9 Å². The van der Waals surface area contributed by atoms with E-state index < -0.39 is 0 Å². The minimum absolute atomic E-state index is 0.419. The molecule has 0 amide bonds. The Hall–Kier alpha value is -0.840. The van der Waals surface area contributed by atoms with Gasteiger partial charge in [-0.2, -0.15) is 0 Å². The maximum Gasteiger partial charge on any atom is 0.221 e. The van der Waals surface area contributed by atoms with Crippen molar-refractivity contribution in [1.29, 1.82) is 0 Å². The van der Waals surface area contributed by atoms with Gasteiger partial charge in [0.1, 0.15) is 12.1 Å². The Morgan fingerprint density at radius 1 is 1.53 bits per heavy atom.